The maximum atomic E-state index is 12.1. The zero-order valence-corrected chi connectivity index (χ0v) is 19.2. The van der Waals surface area contributed by atoms with Gasteiger partial charge in [0.25, 0.3) is 5.91 Å². The van der Waals surface area contributed by atoms with E-state index < -0.39 is 5.97 Å². The third kappa shape index (κ3) is 10.8. The first-order valence-electron chi connectivity index (χ1n) is 10.6. The van der Waals surface area contributed by atoms with Crippen LogP contribution in [0.25, 0.3) is 0 Å². The van der Waals surface area contributed by atoms with Crippen molar-refractivity contribution in [3.05, 3.63) is 84.4 Å². The van der Waals surface area contributed by atoms with Gasteiger partial charge in [0.2, 0.25) is 0 Å². The van der Waals surface area contributed by atoms with E-state index in [1.54, 1.807) is 48.5 Å². The van der Waals surface area contributed by atoms with E-state index in [1.807, 2.05) is 44.2 Å². The molecule has 0 aliphatic carbocycles. The second kappa shape index (κ2) is 15.9. The fourth-order valence-corrected chi connectivity index (χ4v) is 2.58. The Labute approximate surface area is 194 Å². The monoisotopic (exact) mass is 453 g/mol. The number of aliphatic carboxylic acids is 1. The van der Waals surface area contributed by atoms with Gasteiger partial charge in [-0.1, -0.05) is 44.2 Å². The number of ether oxygens (including phenoxy) is 2. The summed E-state index contributed by atoms with van der Waals surface area (Å²) in [6.45, 7) is 3.87. The topological polar surface area (TPSA) is 105 Å². The Balaban J connectivity index is 0.00000129. The van der Waals surface area contributed by atoms with Gasteiger partial charge in [0.15, 0.2) is 6.61 Å². The third-order valence-corrected chi connectivity index (χ3v) is 4.04. The van der Waals surface area contributed by atoms with Crippen LogP contribution in [0.15, 0.2) is 78.9 Å². The van der Waals surface area contributed by atoms with Crippen molar-refractivity contribution in [1.29, 1.82) is 0 Å². The number of aliphatic hydroxyl groups excluding tert-OH is 1. The molecule has 1 amide bonds. The van der Waals surface area contributed by atoms with Crippen LogP contribution < -0.4 is 14.8 Å². The Kier molecular flexibility index (Phi) is 13.1. The molecule has 7 heteroatoms. The van der Waals surface area contributed by atoms with Crippen LogP contribution >= 0.6 is 0 Å². The highest BCUT2D eigenvalue weighted by Crippen LogP contribution is 2.22. The number of carboxylic acids is 1. The Morgan fingerprint density at radius 2 is 1.33 bits per heavy atom. The van der Waals surface area contributed by atoms with E-state index in [9.17, 15) is 9.59 Å². The molecule has 0 heterocycles. The zero-order chi connectivity index (χ0) is 24.5. The second-order valence-corrected chi connectivity index (χ2v) is 6.31. The molecule has 3 rings (SSSR count). The lowest BCUT2D eigenvalue weighted by molar-refractivity contribution is -0.137. The summed E-state index contributed by atoms with van der Waals surface area (Å²) in [6.07, 6.45) is 0.540. The number of aliphatic hydroxyl groups is 1. The maximum absolute atomic E-state index is 12.1. The van der Waals surface area contributed by atoms with Crippen molar-refractivity contribution < 1.29 is 29.3 Å². The normalized spacial score (nSPS) is 9.33. The van der Waals surface area contributed by atoms with E-state index in [4.69, 9.17) is 19.7 Å². The van der Waals surface area contributed by atoms with Gasteiger partial charge in [0, 0.05) is 19.2 Å². The molecule has 0 radical (unpaired) electrons. The predicted octanol–water partition coefficient (Wildman–Crippen LogP) is 5.15. The van der Waals surface area contributed by atoms with Gasteiger partial charge in [-0.3, -0.25) is 9.59 Å². The fourth-order valence-electron chi connectivity index (χ4n) is 2.58. The SMILES string of the molecule is CC.CO.O=C(O)CCc1ccc(OCC(=O)Nc2ccc(Oc3ccccc3)cc2)cc1. The predicted molar refractivity (Wildman–Crippen MR) is 129 cm³/mol. The molecule has 0 spiro atoms. The molecule has 0 aliphatic rings. The van der Waals surface area contributed by atoms with Crippen LogP contribution in [-0.2, 0) is 16.0 Å². The van der Waals surface area contributed by atoms with Crippen LogP contribution in [0, 0.1) is 0 Å². The van der Waals surface area contributed by atoms with E-state index in [0.29, 0.717) is 23.6 Å². The molecule has 176 valence electrons. The summed E-state index contributed by atoms with van der Waals surface area (Å²) in [5, 5.41) is 18.5. The quantitative estimate of drug-likeness (QED) is 0.414. The number of anilines is 1. The number of carboxylic acid groups (broad SMARTS) is 1. The molecule has 0 bridgehead atoms. The number of rotatable bonds is 9. The molecule has 7 nitrogen and oxygen atoms in total. The summed E-state index contributed by atoms with van der Waals surface area (Å²) in [4.78, 5) is 22.7. The van der Waals surface area contributed by atoms with Gasteiger partial charge in [-0.25, -0.2) is 0 Å². The molecular formula is C26H31NO6. The minimum atomic E-state index is -0.832. The van der Waals surface area contributed by atoms with E-state index in [0.717, 1.165) is 18.4 Å². The first kappa shape index (κ1) is 27.2. The number of benzene rings is 3. The van der Waals surface area contributed by atoms with Crippen LogP contribution in [0.4, 0.5) is 5.69 Å². The molecule has 0 atom stereocenters. The number of para-hydroxylation sites is 1. The number of aryl methyl sites for hydroxylation is 1. The number of carbonyl (C=O) groups excluding carboxylic acids is 1. The van der Waals surface area contributed by atoms with Crippen LogP contribution in [0.1, 0.15) is 25.8 Å². The van der Waals surface area contributed by atoms with Crippen molar-refractivity contribution in [3.63, 3.8) is 0 Å². The number of hydrogen-bond donors (Lipinski definition) is 3. The molecule has 3 aromatic carbocycles. The van der Waals surface area contributed by atoms with Crippen LogP contribution in [-0.4, -0.2) is 35.8 Å². The van der Waals surface area contributed by atoms with Gasteiger partial charge in [0.1, 0.15) is 17.2 Å². The molecule has 0 saturated heterocycles. The van der Waals surface area contributed by atoms with Crippen molar-refractivity contribution in [3.8, 4) is 17.2 Å². The third-order valence-electron chi connectivity index (χ3n) is 4.04. The average molecular weight is 454 g/mol. The molecule has 3 N–H and O–H groups in total. The average Bonchev–Trinajstić information content (AvgIpc) is 2.86. The summed E-state index contributed by atoms with van der Waals surface area (Å²) < 4.78 is 11.2. The van der Waals surface area contributed by atoms with Crippen molar-refractivity contribution >= 4 is 17.6 Å². The van der Waals surface area contributed by atoms with Gasteiger partial charge in [-0.15, -0.1) is 0 Å². The van der Waals surface area contributed by atoms with E-state index in [1.165, 1.54) is 0 Å². The highest BCUT2D eigenvalue weighted by atomic mass is 16.5. The Hall–Kier alpha value is -3.84. The largest absolute Gasteiger partial charge is 0.484 e. The van der Waals surface area contributed by atoms with Crippen molar-refractivity contribution in [1.82, 2.24) is 0 Å². The van der Waals surface area contributed by atoms with Crippen molar-refractivity contribution in [2.45, 2.75) is 26.7 Å². The van der Waals surface area contributed by atoms with Crippen LogP contribution in [0.5, 0.6) is 17.2 Å². The van der Waals surface area contributed by atoms with Crippen LogP contribution in [0.2, 0.25) is 0 Å². The lowest BCUT2D eigenvalue weighted by Crippen LogP contribution is -2.20. The first-order chi connectivity index (χ1) is 16.1. The lowest BCUT2D eigenvalue weighted by atomic mass is 10.1. The molecule has 0 saturated carbocycles. The second-order valence-electron chi connectivity index (χ2n) is 6.31. The molecule has 0 unspecified atom stereocenters. The molecule has 3 aromatic rings. The summed E-state index contributed by atoms with van der Waals surface area (Å²) in [6, 6.07) is 23.5. The minimum Gasteiger partial charge on any atom is -0.484 e. The molecule has 33 heavy (non-hydrogen) atoms. The Bertz CT molecular complexity index is 941. The minimum absolute atomic E-state index is 0.0811. The smallest absolute Gasteiger partial charge is 0.303 e. The number of hydrogen-bond acceptors (Lipinski definition) is 5. The number of amides is 1. The summed E-state index contributed by atoms with van der Waals surface area (Å²) in [7, 11) is 1.00. The molecular weight excluding hydrogens is 422 g/mol. The first-order valence-corrected chi connectivity index (χ1v) is 10.6. The Morgan fingerprint density at radius 3 is 1.91 bits per heavy atom. The lowest BCUT2D eigenvalue weighted by Gasteiger charge is -2.09. The molecule has 0 aromatic heterocycles. The zero-order valence-electron chi connectivity index (χ0n) is 19.2. The van der Waals surface area contributed by atoms with Crippen LogP contribution in [0.3, 0.4) is 0 Å². The highest BCUT2D eigenvalue weighted by molar-refractivity contribution is 5.91. The maximum Gasteiger partial charge on any atom is 0.303 e. The standard InChI is InChI=1S/C23H21NO5.C2H6.CH4O/c25-22(16-28-19-11-6-17(7-12-19)8-15-23(26)27)24-18-9-13-21(14-10-18)29-20-4-2-1-3-5-20;2*1-2/h1-7,9-14H,8,15-16H2,(H,24,25)(H,26,27);1-2H3;2H,1H3. The number of nitrogens with one attached hydrogen (secondary N) is 1. The summed E-state index contributed by atoms with van der Waals surface area (Å²) in [5.74, 6) is 0.851. The fraction of sp³-hybridized carbons (Fsp3) is 0.231. The highest BCUT2D eigenvalue weighted by Gasteiger charge is 2.05. The molecule has 0 fully saturated rings. The van der Waals surface area contributed by atoms with E-state index in [2.05, 4.69) is 5.32 Å². The molecule has 0 aliphatic heterocycles. The summed E-state index contributed by atoms with van der Waals surface area (Å²) >= 11 is 0. The van der Waals surface area contributed by atoms with E-state index >= 15 is 0 Å². The van der Waals surface area contributed by atoms with Gasteiger partial charge in [0.05, 0.1) is 0 Å². The van der Waals surface area contributed by atoms with E-state index in [-0.39, 0.29) is 18.9 Å². The number of carbonyl (C=O) groups is 2. The van der Waals surface area contributed by atoms with Gasteiger partial charge in [-0.2, -0.15) is 0 Å². The summed E-state index contributed by atoms with van der Waals surface area (Å²) in [5.41, 5.74) is 1.55. The van der Waals surface area contributed by atoms with Gasteiger partial charge < -0.3 is 25.0 Å². The van der Waals surface area contributed by atoms with Crippen molar-refractivity contribution in [2.75, 3.05) is 19.0 Å². The van der Waals surface area contributed by atoms with Gasteiger partial charge >= 0.3 is 5.97 Å². The van der Waals surface area contributed by atoms with Crippen molar-refractivity contribution in [2.24, 2.45) is 0 Å². The Morgan fingerprint density at radius 1 is 0.788 bits per heavy atom. The van der Waals surface area contributed by atoms with Gasteiger partial charge in [-0.05, 0) is 60.5 Å².